The van der Waals surface area contributed by atoms with E-state index in [0.29, 0.717) is 30.3 Å². The molecule has 0 saturated heterocycles. The fraction of sp³-hybridized carbons (Fsp3) is 0.312. The molecule has 3 rings (SSSR count). The van der Waals surface area contributed by atoms with Gasteiger partial charge in [-0.15, -0.1) is 0 Å². The highest BCUT2D eigenvalue weighted by atomic mass is 32.2. The summed E-state index contributed by atoms with van der Waals surface area (Å²) in [5.74, 6) is 2.81. The summed E-state index contributed by atoms with van der Waals surface area (Å²) >= 11 is 1.77. The summed E-state index contributed by atoms with van der Waals surface area (Å²) in [4.78, 5) is 34.7. The maximum atomic E-state index is 12.1. The van der Waals surface area contributed by atoms with Crippen molar-refractivity contribution >= 4 is 17.7 Å². The van der Waals surface area contributed by atoms with Crippen LogP contribution >= 0.6 is 11.8 Å². The molecule has 3 heterocycles. The fourth-order valence-electron chi connectivity index (χ4n) is 2.17. The highest BCUT2D eigenvalue weighted by Gasteiger charge is 2.06. The minimum Gasteiger partial charge on any atom is -0.355 e. The number of rotatable bonds is 8. The van der Waals surface area contributed by atoms with E-state index in [2.05, 4.69) is 35.2 Å². The molecule has 0 saturated carbocycles. The molecule has 0 amide bonds. The van der Waals surface area contributed by atoms with Gasteiger partial charge in [0.2, 0.25) is 5.95 Å². The molecule has 0 aromatic carbocycles. The summed E-state index contributed by atoms with van der Waals surface area (Å²) in [6, 6.07) is 1.74. The van der Waals surface area contributed by atoms with E-state index in [9.17, 15) is 4.79 Å². The molecular weight excluding hydrogens is 338 g/mol. The topological polar surface area (TPSA) is 112 Å². The van der Waals surface area contributed by atoms with Crippen LogP contribution in [0.5, 0.6) is 0 Å². The van der Waals surface area contributed by atoms with Gasteiger partial charge in [0, 0.05) is 54.3 Å². The number of aromatic nitrogens is 6. The summed E-state index contributed by atoms with van der Waals surface area (Å²) in [6.45, 7) is 2.72. The zero-order valence-electron chi connectivity index (χ0n) is 13.8. The SMILES string of the molecule is Cc1[nH]cnc1CSCCNc1ncc(Cc2ncccn2)c(=O)[nH]1. The molecule has 0 aliphatic rings. The summed E-state index contributed by atoms with van der Waals surface area (Å²) in [5, 5.41) is 3.12. The highest BCUT2D eigenvalue weighted by molar-refractivity contribution is 7.98. The molecule has 0 spiro atoms. The molecule has 9 heteroatoms. The first-order chi connectivity index (χ1) is 12.2. The molecule has 3 aromatic heterocycles. The maximum Gasteiger partial charge on any atom is 0.255 e. The zero-order valence-corrected chi connectivity index (χ0v) is 14.6. The van der Waals surface area contributed by atoms with E-state index in [4.69, 9.17) is 0 Å². The number of imidazole rings is 1. The van der Waals surface area contributed by atoms with Crippen LogP contribution in [-0.2, 0) is 12.2 Å². The predicted molar refractivity (Wildman–Crippen MR) is 97.7 cm³/mol. The van der Waals surface area contributed by atoms with Crippen molar-refractivity contribution < 1.29 is 0 Å². The Bertz CT molecular complexity index is 862. The lowest BCUT2D eigenvalue weighted by atomic mass is 10.2. The molecule has 3 aromatic rings. The van der Waals surface area contributed by atoms with Gasteiger partial charge >= 0.3 is 0 Å². The van der Waals surface area contributed by atoms with Gasteiger partial charge in [0.15, 0.2) is 0 Å². The van der Waals surface area contributed by atoms with Crippen molar-refractivity contribution in [3.63, 3.8) is 0 Å². The Morgan fingerprint density at radius 2 is 2.04 bits per heavy atom. The van der Waals surface area contributed by atoms with E-state index in [-0.39, 0.29) is 5.56 Å². The lowest BCUT2D eigenvalue weighted by Crippen LogP contribution is -2.18. The third-order valence-corrected chi connectivity index (χ3v) is 4.52. The molecule has 0 unspecified atom stereocenters. The molecule has 0 fully saturated rings. The lowest BCUT2D eigenvalue weighted by molar-refractivity contribution is 0.930. The van der Waals surface area contributed by atoms with E-state index in [0.717, 1.165) is 22.9 Å². The number of thioether (sulfide) groups is 1. The van der Waals surface area contributed by atoms with Crippen LogP contribution in [0.25, 0.3) is 0 Å². The molecule has 0 radical (unpaired) electrons. The average molecular weight is 357 g/mol. The van der Waals surface area contributed by atoms with Gasteiger partial charge in [-0.3, -0.25) is 9.78 Å². The van der Waals surface area contributed by atoms with Crippen LogP contribution in [0.2, 0.25) is 0 Å². The van der Waals surface area contributed by atoms with E-state index in [1.54, 1.807) is 42.7 Å². The molecule has 8 nitrogen and oxygen atoms in total. The smallest absolute Gasteiger partial charge is 0.255 e. The number of H-pyrrole nitrogens is 2. The van der Waals surface area contributed by atoms with Gasteiger partial charge in [-0.05, 0) is 13.0 Å². The number of hydrogen-bond acceptors (Lipinski definition) is 7. The molecule has 25 heavy (non-hydrogen) atoms. The molecule has 0 bridgehead atoms. The normalized spacial score (nSPS) is 10.8. The van der Waals surface area contributed by atoms with Gasteiger partial charge in [-0.2, -0.15) is 11.8 Å². The molecule has 0 atom stereocenters. The van der Waals surface area contributed by atoms with Gasteiger partial charge in [0.05, 0.1) is 12.0 Å². The number of nitrogens with one attached hydrogen (secondary N) is 3. The molecule has 0 aliphatic carbocycles. The first kappa shape index (κ1) is 17.2. The van der Waals surface area contributed by atoms with E-state index < -0.39 is 0 Å². The fourth-order valence-corrected chi connectivity index (χ4v) is 3.05. The highest BCUT2D eigenvalue weighted by Crippen LogP contribution is 2.12. The minimum atomic E-state index is -0.176. The van der Waals surface area contributed by atoms with Crippen LogP contribution in [0.3, 0.4) is 0 Å². The average Bonchev–Trinajstić information content (AvgIpc) is 3.03. The van der Waals surface area contributed by atoms with Gasteiger partial charge in [-0.25, -0.2) is 19.9 Å². The van der Waals surface area contributed by atoms with E-state index in [1.807, 2.05) is 6.92 Å². The molecular formula is C16H19N7OS. The van der Waals surface area contributed by atoms with Crippen LogP contribution < -0.4 is 10.9 Å². The van der Waals surface area contributed by atoms with Crippen molar-refractivity contribution in [2.75, 3.05) is 17.6 Å². The Hall–Kier alpha value is -2.68. The second kappa shape index (κ2) is 8.43. The Balaban J connectivity index is 1.46. The van der Waals surface area contributed by atoms with E-state index >= 15 is 0 Å². The lowest BCUT2D eigenvalue weighted by Gasteiger charge is -2.06. The van der Waals surface area contributed by atoms with Gasteiger partial charge in [0.25, 0.3) is 5.56 Å². The number of aryl methyl sites for hydroxylation is 1. The molecule has 3 N–H and O–H groups in total. The predicted octanol–water partition coefficient (Wildman–Crippen LogP) is 1.53. The Kier molecular flexibility index (Phi) is 5.78. The summed E-state index contributed by atoms with van der Waals surface area (Å²) in [5.41, 5.74) is 2.54. The Morgan fingerprint density at radius 1 is 1.20 bits per heavy atom. The van der Waals surface area contributed by atoms with Gasteiger partial charge < -0.3 is 10.3 Å². The van der Waals surface area contributed by atoms with Gasteiger partial charge in [0.1, 0.15) is 5.82 Å². The van der Waals surface area contributed by atoms with Crippen molar-refractivity contribution in [2.24, 2.45) is 0 Å². The van der Waals surface area contributed by atoms with Crippen LogP contribution in [0.15, 0.2) is 35.8 Å². The van der Waals surface area contributed by atoms with Gasteiger partial charge in [-0.1, -0.05) is 0 Å². The number of hydrogen-bond donors (Lipinski definition) is 3. The monoisotopic (exact) mass is 357 g/mol. The van der Waals surface area contributed by atoms with Crippen molar-refractivity contribution in [1.29, 1.82) is 0 Å². The van der Waals surface area contributed by atoms with Crippen molar-refractivity contribution in [2.45, 2.75) is 19.1 Å². The van der Waals surface area contributed by atoms with Crippen LogP contribution in [-0.4, -0.2) is 42.2 Å². The number of nitrogens with zero attached hydrogens (tertiary/aromatic N) is 4. The number of anilines is 1. The maximum absolute atomic E-state index is 12.1. The number of aromatic amines is 2. The Morgan fingerprint density at radius 3 is 2.76 bits per heavy atom. The standard InChI is InChI=1S/C16H19N7OS/c1-11-13(22-10-21-11)9-25-6-5-19-16-20-8-12(15(24)23-16)7-14-17-3-2-4-18-14/h2-4,8,10H,5-7,9H2,1H3,(H,21,22)(H2,19,20,23,24). The zero-order chi connectivity index (χ0) is 17.5. The van der Waals surface area contributed by atoms with Crippen LogP contribution in [0, 0.1) is 6.92 Å². The second-order valence-corrected chi connectivity index (χ2v) is 6.49. The van der Waals surface area contributed by atoms with Crippen LogP contribution in [0.1, 0.15) is 22.8 Å². The minimum absolute atomic E-state index is 0.176. The van der Waals surface area contributed by atoms with Crippen molar-refractivity contribution in [3.8, 4) is 0 Å². The molecule has 130 valence electrons. The van der Waals surface area contributed by atoms with Crippen molar-refractivity contribution in [3.05, 3.63) is 64.1 Å². The third-order valence-electron chi connectivity index (χ3n) is 3.55. The quantitative estimate of drug-likeness (QED) is 0.524. The Labute approximate surface area is 149 Å². The van der Waals surface area contributed by atoms with E-state index in [1.165, 1.54) is 0 Å². The summed E-state index contributed by atoms with van der Waals surface area (Å²) < 4.78 is 0. The summed E-state index contributed by atoms with van der Waals surface area (Å²) in [7, 11) is 0. The largest absolute Gasteiger partial charge is 0.355 e. The third kappa shape index (κ3) is 4.90. The first-order valence-corrected chi connectivity index (χ1v) is 9.02. The molecule has 0 aliphatic heterocycles. The first-order valence-electron chi connectivity index (χ1n) is 7.87. The van der Waals surface area contributed by atoms with Crippen molar-refractivity contribution in [1.82, 2.24) is 29.9 Å². The van der Waals surface area contributed by atoms with Crippen LogP contribution in [0.4, 0.5) is 5.95 Å². The summed E-state index contributed by atoms with van der Waals surface area (Å²) in [6.07, 6.45) is 6.95. The second-order valence-electron chi connectivity index (χ2n) is 5.38.